The molecule has 0 radical (unpaired) electrons. The number of non-ortho nitro benzene ring substituents is 1. The Balaban J connectivity index is 1.71. The number of carbonyl (C=O) groups is 6. The van der Waals surface area contributed by atoms with Gasteiger partial charge in [0, 0.05) is 52.5 Å². The number of carboxylic acid groups (broad SMARTS) is 1. The molecule has 2 aromatic carbocycles. The molecule has 2 heterocycles. The SMILES string of the molecule is CCc1c(CC(=O)O)sc2c1CN(C(=O)[C@H](Cc1ccc([N+](=O)[O-])cc1)NC(=O)c1ccc(C(=NC(=O)OC(C)(C)C)N(C(=O)OC(C)(C)C)C(=O)OC(C)(C)C)cc1)CC2. The Labute approximate surface area is 358 Å². The van der Waals surface area contributed by atoms with Crippen LogP contribution < -0.4 is 5.32 Å². The zero-order chi connectivity index (χ0) is 45.6. The van der Waals surface area contributed by atoms with Gasteiger partial charge in [-0.1, -0.05) is 31.2 Å². The molecule has 0 aliphatic carbocycles. The molecule has 0 saturated carbocycles. The van der Waals surface area contributed by atoms with Gasteiger partial charge in [-0.05, 0) is 104 Å². The highest BCUT2D eigenvalue weighted by molar-refractivity contribution is 7.12. The van der Waals surface area contributed by atoms with Gasteiger partial charge < -0.3 is 29.5 Å². The number of aliphatic imine (C=N–C) groups is 1. The number of amidine groups is 1. The summed E-state index contributed by atoms with van der Waals surface area (Å²) in [6.07, 6.45) is -2.61. The van der Waals surface area contributed by atoms with Crippen molar-refractivity contribution in [2.45, 2.75) is 124 Å². The van der Waals surface area contributed by atoms with E-state index in [-0.39, 0.29) is 36.2 Å². The molecule has 328 valence electrons. The van der Waals surface area contributed by atoms with Crippen LogP contribution in [0.25, 0.3) is 0 Å². The van der Waals surface area contributed by atoms with Crippen LogP contribution >= 0.6 is 11.3 Å². The van der Waals surface area contributed by atoms with Crippen molar-refractivity contribution < 1.29 is 53.0 Å². The number of hydrogen-bond donors (Lipinski definition) is 2. The Kier molecular flexibility index (Phi) is 14.8. The molecule has 1 atom stereocenters. The number of carboxylic acids is 1. The number of imide groups is 1. The molecule has 0 spiro atoms. The number of benzene rings is 2. The van der Waals surface area contributed by atoms with Gasteiger partial charge in [0.2, 0.25) is 5.91 Å². The second kappa shape index (κ2) is 19.0. The molecule has 0 bridgehead atoms. The molecule has 18 heteroatoms. The number of nitro groups is 1. The monoisotopic (exact) mass is 863 g/mol. The van der Waals surface area contributed by atoms with Crippen LogP contribution in [0.2, 0.25) is 0 Å². The number of hydrogen-bond acceptors (Lipinski definition) is 12. The fourth-order valence-electron chi connectivity index (χ4n) is 6.28. The van der Waals surface area contributed by atoms with E-state index in [1.165, 1.54) is 59.9 Å². The first-order chi connectivity index (χ1) is 28.2. The highest BCUT2D eigenvalue weighted by atomic mass is 32.1. The van der Waals surface area contributed by atoms with E-state index >= 15 is 0 Å². The maximum Gasteiger partial charge on any atom is 0.436 e. The van der Waals surface area contributed by atoms with Crippen molar-refractivity contribution in [1.29, 1.82) is 0 Å². The number of ether oxygens (including phenoxy) is 3. The number of nitrogens with zero attached hydrogens (tertiary/aromatic N) is 4. The van der Waals surface area contributed by atoms with Crippen molar-refractivity contribution in [1.82, 2.24) is 15.1 Å². The Bertz CT molecular complexity index is 2170. The van der Waals surface area contributed by atoms with Gasteiger partial charge >= 0.3 is 24.2 Å². The average molecular weight is 864 g/mol. The molecule has 1 aliphatic rings. The van der Waals surface area contributed by atoms with Crippen molar-refractivity contribution >= 4 is 58.9 Å². The zero-order valence-electron chi connectivity index (χ0n) is 36.1. The number of aliphatic carboxylic acids is 1. The number of rotatable bonds is 10. The van der Waals surface area contributed by atoms with Gasteiger partial charge in [-0.2, -0.15) is 9.89 Å². The number of nitrogens with one attached hydrogen (secondary N) is 1. The minimum absolute atomic E-state index is 0.0199. The summed E-state index contributed by atoms with van der Waals surface area (Å²) in [5.74, 6) is -2.55. The lowest BCUT2D eigenvalue weighted by molar-refractivity contribution is -0.384. The van der Waals surface area contributed by atoms with Crippen molar-refractivity contribution in [3.05, 3.63) is 96.2 Å². The van der Waals surface area contributed by atoms with Crippen LogP contribution in [0.1, 0.15) is 112 Å². The van der Waals surface area contributed by atoms with Gasteiger partial charge in [0.05, 0.1) is 11.3 Å². The number of carbonyl (C=O) groups excluding carboxylic acids is 5. The van der Waals surface area contributed by atoms with Crippen molar-refractivity contribution in [3.63, 3.8) is 0 Å². The second-order valence-electron chi connectivity index (χ2n) is 17.3. The molecular weight excluding hydrogens is 811 g/mol. The number of nitro benzene ring substituents is 1. The quantitative estimate of drug-likeness (QED) is 0.0660. The lowest BCUT2D eigenvalue weighted by atomic mass is 9.98. The molecule has 4 rings (SSSR count). The number of amides is 5. The first-order valence-electron chi connectivity index (χ1n) is 19.6. The molecule has 0 fully saturated rings. The third kappa shape index (κ3) is 13.4. The maximum absolute atomic E-state index is 14.3. The molecule has 2 N–H and O–H groups in total. The molecule has 3 aromatic rings. The lowest BCUT2D eigenvalue weighted by Gasteiger charge is -2.31. The van der Waals surface area contributed by atoms with E-state index in [0.717, 1.165) is 20.9 Å². The third-order valence-corrected chi connectivity index (χ3v) is 10.1. The summed E-state index contributed by atoms with van der Waals surface area (Å²) in [5, 5.41) is 23.6. The van der Waals surface area contributed by atoms with E-state index in [9.17, 15) is 44.0 Å². The van der Waals surface area contributed by atoms with Crippen LogP contribution in [-0.2, 0) is 56.0 Å². The zero-order valence-corrected chi connectivity index (χ0v) is 36.9. The summed E-state index contributed by atoms with van der Waals surface area (Å²) in [6, 6.07) is 9.87. The summed E-state index contributed by atoms with van der Waals surface area (Å²) < 4.78 is 16.4. The molecular formula is C43H53N5O12S. The van der Waals surface area contributed by atoms with E-state index in [1.54, 1.807) is 67.2 Å². The van der Waals surface area contributed by atoms with Crippen LogP contribution in [0, 0.1) is 10.1 Å². The Hall–Kier alpha value is -6.17. The fraction of sp³-hybridized carbons (Fsp3) is 0.465. The van der Waals surface area contributed by atoms with Gasteiger partial charge in [-0.3, -0.25) is 24.5 Å². The minimum Gasteiger partial charge on any atom is -0.481 e. The molecule has 5 amide bonds. The summed E-state index contributed by atoms with van der Waals surface area (Å²) in [7, 11) is 0. The Morgan fingerprint density at radius 2 is 1.41 bits per heavy atom. The number of thiophene rings is 1. The summed E-state index contributed by atoms with van der Waals surface area (Å²) in [6.45, 7) is 16.8. The summed E-state index contributed by atoms with van der Waals surface area (Å²) in [5.41, 5.74) is -0.912. The van der Waals surface area contributed by atoms with E-state index in [2.05, 4.69) is 10.3 Å². The lowest BCUT2D eigenvalue weighted by Crippen LogP contribution is -2.50. The van der Waals surface area contributed by atoms with Crippen LogP contribution in [0.5, 0.6) is 0 Å². The Morgan fingerprint density at radius 1 is 0.869 bits per heavy atom. The van der Waals surface area contributed by atoms with Gasteiger partial charge in [0.15, 0.2) is 5.84 Å². The third-order valence-electron chi connectivity index (χ3n) is 8.77. The molecule has 1 aliphatic heterocycles. The standard InChI is InChI=1S/C43H53N5O12S/c1-11-29-30-24-46(21-20-32(30)61-33(29)23-34(49)50)37(52)31(22-25-12-18-28(19-13-25)48(56)57)44-36(51)27-16-14-26(15-17-27)35(45-38(53)58-41(2,3)4)47(39(54)59-42(5,6)7)40(55)60-43(8,9)10/h12-19,31H,11,20-24H2,1-10H3,(H,44,51)(H,49,50)/t31-/m0/s1. The molecule has 0 saturated heterocycles. The van der Waals surface area contributed by atoms with Crippen molar-refractivity contribution in [2.75, 3.05) is 6.54 Å². The van der Waals surface area contributed by atoms with Crippen LogP contribution in [0.4, 0.5) is 20.1 Å². The van der Waals surface area contributed by atoms with E-state index < -0.39 is 69.7 Å². The smallest absolute Gasteiger partial charge is 0.436 e. The summed E-state index contributed by atoms with van der Waals surface area (Å²) >= 11 is 1.44. The predicted octanol–water partition coefficient (Wildman–Crippen LogP) is 7.63. The molecule has 1 aromatic heterocycles. The first kappa shape index (κ1) is 47.5. The molecule has 17 nitrogen and oxygen atoms in total. The second-order valence-corrected chi connectivity index (χ2v) is 18.5. The number of fused-ring (bicyclic) bond motifs is 1. The topological polar surface area (TPSA) is 224 Å². The average Bonchev–Trinajstić information content (AvgIpc) is 3.47. The predicted molar refractivity (Wildman–Crippen MR) is 226 cm³/mol. The Morgan fingerprint density at radius 3 is 1.90 bits per heavy atom. The van der Waals surface area contributed by atoms with Crippen LogP contribution in [0.15, 0.2) is 53.5 Å². The van der Waals surface area contributed by atoms with Gasteiger partial charge in [0.1, 0.15) is 22.8 Å². The van der Waals surface area contributed by atoms with Gasteiger partial charge in [-0.15, -0.1) is 11.3 Å². The minimum atomic E-state index is -1.20. The molecule has 61 heavy (non-hydrogen) atoms. The van der Waals surface area contributed by atoms with E-state index in [0.29, 0.717) is 29.8 Å². The summed E-state index contributed by atoms with van der Waals surface area (Å²) in [4.78, 5) is 98.9. The van der Waals surface area contributed by atoms with Gasteiger partial charge in [0.25, 0.3) is 11.6 Å². The van der Waals surface area contributed by atoms with Crippen LogP contribution in [0.3, 0.4) is 0 Å². The van der Waals surface area contributed by atoms with Crippen molar-refractivity contribution in [3.8, 4) is 0 Å². The fourth-order valence-corrected chi connectivity index (χ4v) is 7.67. The van der Waals surface area contributed by atoms with Crippen LogP contribution in [-0.4, -0.2) is 91.1 Å². The van der Waals surface area contributed by atoms with Gasteiger partial charge in [-0.25, -0.2) is 14.4 Å². The largest absolute Gasteiger partial charge is 0.481 e. The highest BCUT2D eigenvalue weighted by Crippen LogP contribution is 2.34. The van der Waals surface area contributed by atoms with E-state index in [1.807, 2.05) is 6.92 Å². The maximum atomic E-state index is 14.3. The highest BCUT2D eigenvalue weighted by Gasteiger charge is 2.37. The van der Waals surface area contributed by atoms with Crippen molar-refractivity contribution in [2.24, 2.45) is 4.99 Å². The first-order valence-corrected chi connectivity index (χ1v) is 20.4. The van der Waals surface area contributed by atoms with E-state index in [4.69, 9.17) is 14.2 Å². The normalized spacial score (nSPS) is 13.7. The molecule has 0 unspecified atom stereocenters.